The van der Waals surface area contributed by atoms with Crippen LogP contribution in [0.2, 0.25) is 0 Å². The number of aromatic nitrogens is 1. The summed E-state index contributed by atoms with van der Waals surface area (Å²) in [7, 11) is 0. The molecule has 4 nitrogen and oxygen atoms in total. The molecule has 1 aromatic heterocycles. The highest BCUT2D eigenvalue weighted by Gasteiger charge is 2.36. The zero-order valence-corrected chi connectivity index (χ0v) is 13.8. The molecule has 2 heterocycles. The molecule has 0 N–H and O–H groups in total. The van der Waals surface area contributed by atoms with Crippen LogP contribution >= 0.6 is 0 Å². The first kappa shape index (κ1) is 17.3. The van der Waals surface area contributed by atoms with Crippen molar-refractivity contribution in [2.45, 2.75) is 13.1 Å². The van der Waals surface area contributed by atoms with Gasteiger partial charge in [0.15, 0.2) is 0 Å². The van der Waals surface area contributed by atoms with Crippen LogP contribution in [0.15, 0.2) is 42.6 Å². The summed E-state index contributed by atoms with van der Waals surface area (Å²) in [5.74, 6) is 0.234. The normalized spacial score (nSPS) is 15.4. The molecule has 0 aliphatic carbocycles. The second-order valence-electron chi connectivity index (χ2n) is 6.02. The van der Waals surface area contributed by atoms with E-state index in [2.05, 4.69) is 4.98 Å². The van der Waals surface area contributed by atoms with E-state index in [-0.39, 0.29) is 5.56 Å². The number of amides is 1. The van der Waals surface area contributed by atoms with Gasteiger partial charge in [-0.2, -0.15) is 13.2 Å². The molecule has 1 aliphatic heterocycles. The van der Waals surface area contributed by atoms with Crippen molar-refractivity contribution in [1.82, 2.24) is 9.88 Å². The lowest BCUT2D eigenvalue weighted by molar-refractivity contribution is -0.138. The molecule has 1 aliphatic rings. The third kappa shape index (κ3) is 3.75. The number of pyridine rings is 1. The van der Waals surface area contributed by atoms with E-state index in [9.17, 15) is 18.0 Å². The van der Waals surface area contributed by atoms with Gasteiger partial charge in [0, 0.05) is 32.4 Å². The Labute approximate surface area is 143 Å². The molecule has 0 radical (unpaired) electrons. The molecule has 25 heavy (non-hydrogen) atoms. The van der Waals surface area contributed by atoms with Crippen molar-refractivity contribution in [2.24, 2.45) is 0 Å². The standard InChI is InChI=1S/C18H18F3N3O/c1-13-6-7-16(22-12-13)23-8-10-24(11-9-23)17(25)14-4-2-3-5-15(14)18(19,20)21/h2-7,12H,8-11H2,1H3. The number of carbonyl (C=O) groups is 1. The molecule has 1 saturated heterocycles. The van der Waals surface area contributed by atoms with E-state index in [4.69, 9.17) is 0 Å². The summed E-state index contributed by atoms with van der Waals surface area (Å²) >= 11 is 0. The van der Waals surface area contributed by atoms with Gasteiger partial charge in [0.2, 0.25) is 0 Å². The van der Waals surface area contributed by atoms with Gasteiger partial charge in [0.05, 0.1) is 11.1 Å². The highest BCUT2D eigenvalue weighted by Crippen LogP contribution is 2.32. The number of piperazine rings is 1. The van der Waals surface area contributed by atoms with Crippen molar-refractivity contribution in [1.29, 1.82) is 0 Å². The Hall–Kier alpha value is -2.57. The molecule has 7 heteroatoms. The van der Waals surface area contributed by atoms with Crippen LogP contribution in [-0.2, 0) is 6.18 Å². The molecule has 3 rings (SSSR count). The maximum absolute atomic E-state index is 13.1. The molecule has 0 atom stereocenters. The Bertz CT molecular complexity index is 751. The number of hydrogen-bond donors (Lipinski definition) is 0. The van der Waals surface area contributed by atoms with Crippen LogP contribution in [0, 0.1) is 6.92 Å². The van der Waals surface area contributed by atoms with Crippen LogP contribution in [-0.4, -0.2) is 42.0 Å². The van der Waals surface area contributed by atoms with Gasteiger partial charge >= 0.3 is 6.18 Å². The van der Waals surface area contributed by atoms with Crippen molar-refractivity contribution in [3.63, 3.8) is 0 Å². The number of halogens is 3. The fraction of sp³-hybridized carbons (Fsp3) is 0.333. The Morgan fingerprint density at radius 3 is 2.32 bits per heavy atom. The monoisotopic (exact) mass is 349 g/mol. The average molecular weight is 349 g/mol. The summed E-state index contributed by atoms with van der Waals surface area (Å²) in [6.45, 7) is 3.75. The molecule has 0 unspecified atom stereocenters. The Balaban J connectivity index is 1.71. The molecule has 0 spiro atoms. The van der Waals surface area contributed by atoms with E-state index in [0.717, 1.165) is 17.4 Å². The lowest BCUT2D eigenvalue weighted by Crippen LogP contribution is -2.49. The quantitative estimate of drug-likeness (QED) is 0.834. The summed E-state index contributed by atoms with van der Waals surface area (Å²) in [5, 5.41) is 0. The van der Waals surface area contributed by atoms with Gasteiger partial charge in [0.25, 0.3) is 5.91 Å². The lowest BCUT2D eigenvalue weighted by Gasteiger charge is -2.35. The van der Waals surface area contributed by atoms with Gasteiger partial charge in [-0.05, 0) is 30.7 Å². The first-order valence-corrected chi connectivity index (χ1v) is 7.99. The van der Waals surface area contributed by atoms with Crippen molar-refractivity contribution in [3.05, 3.63) is 59.3 Å². The minimum atomic E-state index is -4.54. The summed E-state index contributed by atoms with van der Waals surface area (Å²) in [4.78, 5) is 20.4. The van der Waals surface area contributed by atoms with Crippen LogP contribution in [0.1, 0.15) is 21.5 Å². The molecule has 2 aromatic rings. The van der Waals surface area contributed by atoms with Crippen LogP contribution in [0.3, 0.4) is 0 Å². The number of nitrogens with zero attached hydrogens (tertiary/aromatic N) is 3. The SMILES string of the molecule is Cc1ccc(N2CCN(C(=O)c3ccccc3C(F)(F)F)CC2)nc1. The summed E-state index contributed by atoms with van der Waals surface area (Å²) < 4.78 is 39.3. The first-order chi connectivity index (χ1) is 11.9. The van der Waals surface area contributed by atoms with E-state index < -0.39 is 17.6 Å². The minimum absolute atomic E-state index is 0.295. The fourth-order valence-electron chi connectivity index (χ4n) is 2.87. The van der Waals surface area contributed by atoms with Gasteiger partial charge in [-0.3, -0.25) is 4.79 Å². The van der Waals surface area contributed by atoms with Crippen molar-refractivity contribution in [3.8, 4) is 0 Å². The molecule has 0 saturated carbocycles. The topological polar surface area (TPSA) is 36.4 Å². The van der Waals surface area contributed by atoms with Crippen LogP contribution in [0.5, 0.6) is 0 Å². The maximum Gasteiger partial charge on any atom is 0.417 e. The largest absolute Gasteiger partial charge is 0.417 e. The zero-order valence-electron chi connectivity index (χ0n) is 13.8. The van der Waals surface area contributed by atoms with Crippen molar-refractivity contribution < 1.29 is 18.0 Å². The molecule has 132 valence electrons. The maximum atomic E-state index is 13.1. The van der Waals surface area contributed by atoms with E-state index >= 15 is 0 Å². The predicted molar refractivity (Wildman–Crippen MR) is 88.5 cm³/mol. The zero-order chi connectivity index (χ0) is 18.0. The molecule has 1 fully saturated rings. The van der Waals surface area contributed by atoms with Gasteiger partial charge in [-0.25, -0.2) is 4.98 Å². The third-order valence-electron chi connectivity index (χ3n) is 4.25. The van der Waals surface area contributed by atoms with Crippen molar-refractivity contribution >= 4 is 11.7 Å². The number of alkyl halides is 3. The lowest BCUT2D eigenvalue weighted by atomic mass is 10.1. The van der Waals surface area contributed by atoms with E-state index in [1.54, 1.807) is 6.20 Å². The molecule has 1 amide bonds. The molecular weight excluding hydrogens is 331 g/mol. The third-order valence-corrected chi connectivity index (χ3v) is 4.25. The summed E-state index contributed by atoms with van der Waals surface area (Å²) in [5.41, 5.74) is -0.124. The van der Waals surface area contributed by atoms with Gasteiger partial charge in [0.1, 0.15) is 5.82 Å². The number of rotatable bonds is 2. The Kier molecular flexibility index (Phi) is 4.65. The second kappa shape index (κ2) is 6.74. The van der Waals surface area contributed by atoms with E-state index in [1.165, 1.54) is 23.1 Å². The van der Waals surface area contributed by atoms with Crippen molar-refractivity contribution in [2.75, 3.05) is 31.1 Å². The first-order valence-electron chi connectivity index (χ1n) is 7.99. The summed E-state index contributed by atoms with van der Waals surface area (Å²) in [6, 6.07) is 8.79. The van der Waals surface area contributed by atoms with Crippen LogP contribution in [0.4, 0.5) is 19.0 Å². The summed E-state index contributed by atoms with van der Waals surface area (Å²) in [6.07, 6.45) is -2.77. The Morgan fingerprint density at radius 2 is 1.72 bits per heavy atom. The van der Waals surface area contributed by atoms with Gasteiger partial charge < -0.3 is 9.80 Å². The highest BCUT2D eigenvalue weighted by molar-refractivity contribution is 5.96. The number of hydrogen-bond acceptors (Lipinski definition) is 3. The number of benzene rings is 1. The minimum Gasteiger partial charge on any atom is -0.353 e. The smallest absolute Gasteiger partial charge is 0.353 e. The van der Waals surface area contributed by atoms with Gasteiger partial charge in [-0.1, -0.05) is 18.2 Å². The fourth-order valence-corrected chi connectivity index (χ4v) is 2.87. The highest BCUT2D eigenvalue weighted by atomic mass is 19.4. The van der Waals surface area contributed by atoms with Gasteiger partial charge in [-0.15, -0.1) is 0 Å². The van der Waals surface area contributed by atoms with E-state index in [0.29, 0.717) is 26.2 Å². The van der Waals surface area contributed by atoms with Crippen LogP contribution < -0.4 is 4.90 Å². The molecule has 1 aromatic carbocycles. The molecule has 0 bridgehead atoms. The average Bonchev–Trinajstić information content (AvgIpc) is 2.61. The Morgan fingerprint density at radius 1 is 1.04 bits per heavy atom. The number of anilines is 1. The van der Waals surface area contributed by atoms with Crippen LogP contribution in [0.25, 0.3) is 0 Å². The second-order valence-corrected chi connectivity index (χ2v) is 6.02. The molecular formula is C18H18F3N3O. The number of carbonyl (C=O) groups excluding carboxylic acids is 1. The van der Waals surface area contributed by atoms with E-state index in [1.807, 2.05) is 24.0 Å². The number of aryl methyl sites for hydroxylation is 1. The predicted octanol–water partition coefficient (Wildman–Crippen LogP) is 3.37.